The van der Waals surface area contributed by atoms with Gasteiger partial charge in [-0.2, -0.15) is 0 Å². The molecule has 2 N–H and O–H groups in total. The normalized spacial score (nSPS) is 25.7. The monoisotopic (exact) mass is 292 g/mol. The van der Waals surface area contributed by atoms with E-state index in [1.165, 1.54) is 0 Å². The largest absolute Gasteiger partial charge is 0.481 e. The highest BCUT2D eigenvalue weighted by atomic mass is 16.4. The fraction of sp³-hybridized carbons (Fsp3) is 0.643. The minimum atomic E-state index is -0.854. The Hall–Kier alpha value is -1.89. The van der Waals surface area contributed by atoms with Crippen LogP contribution in [-0.4, -0.2) is 62.4 Å². The number of carbonyl (C=O) groups is 2. The van der Waals surface area contributed by atoms with Crippen LogP contribution >= 0.6 is 0 Å². The first-order valence-electron chi connectivity index (χ1n) is 7.23. The number of carbonyl (C=O) groups excluding carboxylic acids is 1. The molecular weight excluding hydrogens is 272 g/mol. The molecule has 3 rings (SSSR count). The molecule has 2 aliphatic rings. The van der Waals surface area contributed by atoms with Crippen LogP contribution < -0.4 is 0 Å². The number of piperidine rings is 1. The Morgan fingerprint density at radius 2 is 2.24 bits per heavy atom. The molecular formula is C14H20N4O3. The lowest BCUT2D eigenvalue weighted by Crippen LogP contribution is -2.55. The molecule has 1 aromatic heterocycles. The quantitative estimate of drug-likeness (QED) is 0.837. The van der Waals surface area contributed by atoms with E-state index in [0.29, 0.717) is 12.8 Å². The molecule has 1 unspecified atom stereocenters. The Bertz CT molecular complexity index is 534. The van der Waals surface area contributed by atoms with Gasteiger partial charge in [-0.1, -0.05) is 0 Å². The molecule has 2 aliphatic heterocycles. The molecule has 1 amide bonds. The van der Waals surface area contributed by atoms with Gasteiger partial charge in [-0.3, -0.25) is 14.5 Å². The van der Waals surface area contributed by atoms with Crippen LogP contribution in [0, 0.1) is 5.92 Å². The molecule has 7 heteroatoms. The van der Waals surface area contributed by atoms with Crippen molar-refractivity contribution in [2.45, 2.75) is 31.3 Å². The molecule has 0 bridgehead atoms. The highest BCUT2D eigenvalue weighted by Gasteiger charge is 2.55. The van der Waals surface area contributed by atoms with E-state index in [9.17, 15) is 14.7 Å². The number of aliphatic carboxylic acids is 1. The number of amides is 1. The third-order valence-corrected chi connectivity index (χ3v) is 5.02. The van der Waals surface area contributed by atoms with Gasteiger partial charge in [0.1, 0.15) is 5.82 Å². The summed E-state index contributed by atoms with van der Waals surface area (Å²) in [6.45, 7) is 2.29. The smallest absolute Gasteiger partial charge is 0.309 e. The first-order valence-corrected chi connectivity index (χ1v) is 7.23. The van der Waals surface area contributed by atoms with E-state index in [0.717, 1.165) is 25.5 Å². The lowest BCUT2D eigenvalue weighted by Gasteiger charge is -2.45. The van der Waals surface area contributed by atoms with Crippen molar-refractivity contribution >= 4 is 11.9 Å². The first-order chi connectivity index (χ1) is 10.0. The Kier molecular flexibility index (Phi) is 3.44. The Morgan fingerprint density at radius 3 is 2.81 bits per heavy atom. The minimum absolute atomic E-state index is 0.0538. The summed E-state index contributed by atoms with van der Waals surface area (Å²) in [7, 11) is 1.74. The Morgan fingerprint density at radius 1 is 1.52 bits per heavy atom. The van der Waals surface area contributed by atoms with Crippen LogP contribution in [0.25, 0.3) is 0 Å². The number of likely N-dealkylation sites (tertiary alicyclic amines) is 2. The maximum absolute atomic E-state index is 11.9. The SMILES string of the molecule is CN1C(=O)CC(C(=O)O)C12CCN(Cc1ncc[nH]1)CC2. The Labute approximate surface area is 122 Å². The zero-order valence-electron chi connectivity index (χ0n) is 12.1. The molecule has 0 radical (unpaired) electrons. The van der Waals surface area contributed by atoms with Crippen molar-refractivity contribution in [3.63, 3.8) is 0 Å². The summed E-state index contributed by atoms with van der Waals surface area (Å²) >= 11 is 0. The van der Waals surface area contributed by atoms with Crippen molar-refractivity contribution in [2.24, 2.45) is 5.92 Å². The van der Waals surface area contributed by atoms with Crippen molar-refractivity contribution in [3.8, 4) is 0 Å². The topological polar surface area (TPSA) is 89.5 Å². The summed E-state index contributed by atoms with van der Waals surface area (Å²) in [6.07, 6.45) is 5.05. The molecule has 1 atom stereocenters. The van der Waals surface area contributed by atoms with Crippen LogP contribution in [0.15, 0.2) is 12.4 Å². The van der Waals surface area contributed by atoms with Crippen LogP contribution in [0.4, 0.5) is 0 Å². The number of imidazole rings is 1. The molecule has 3 heterocycles. The number of hydrogen-bond donors (Lipinski definition) is 2. The van der Waals surface area contributed by atoms with E-state index in [2.05, 4.69) is 14.9 Å². The van der Waals surface area contributed by atoms with Gasteiger partial charge in [-0.15, -0.1) is 0 Å². The number of H-pyrrole nitrogens is 1. The molecule has 7 nitrogen and oxygen atoms in total. The second-order valence-electron chi connectivity index (χ2n) is 5.96. The summed E-state index contributed by atoms with van der Waals surface area (Å²) in [6, 6.07) is 0. The van der Waals surface area contributed by atoms with Crippen molar-refractivity contribution < 1.29 is 14.7 Å². The van der Waals surface area contributed by atoms with E-state index >= 15 is 0 Å². The zero-order valence-corrected chi connectivity index (χ0v) is 12.1. The van der Waals surface area contributed by atoms with Gasteiger partial charge in [-0.05, 0) is 12.8 Å². The maximum atomic E-state index is 11.9. The number of hydrogen-bond acceptors (Lipinski definition) is 4. The van der Waals surface area contributed by atoms with Crippen molar-refractivity contribution in [1.29, 1.82) is 0 Å². The van der Waals surface area contributed by atoms with Gasteiger partial charge in [0.2, 0.25) is 5.91 Å². The molecule has 2 fully saturated rings. The minimum Gasteiger partial charge on any atom is -0.481 e. The fourth-order valence-electron chi connectivity index (χ4n) is 3.68. The van der Waals surface area contributed by atoms with E-state index in [4.69, 9.17) is 0 Å². The molecule has 21 heavy (non-hydrogen) atoms. The summed E-state index contributed by atoms with van der Waals surface area (Å²) < 4.78 is 0. The molecule has 2 saturated heterocycles. The van der Waals surface area contributed by atoms with Crippen LogP contribution in [0.1, 0.15) is 25.1 Å². The van der Waals surface area contributed by atoms with Crippen molar-refractivity contribution in [2.75, 3.05) is 20.1 Å². The fourth-order valence-corrected chi connectivity index (χ4v) is 3.68. The average molecular weight is 292 g/mol. The summed E-state index contributed by atoms with van der Waals surface area (Å²) in [5.41, 5.74) is -0.511. The number of nitrogens with zero attached hydrogens (tertiary/aromatic N) is 3. The number of rotatable bonds is 3. The van der Waals surface area contributed by atoms with E-state index in [-0.39, 0.29) is 12.3 Å². The lowest BCUT2D eigenvalue weighted by atomic mass is 9.77. The predicted molar refractivity (Wildman–Crippen MR) is 74.3 cm³/mol. The van der Waals surface area contributed by atoms with Crippen LogP contribution in [0.5, 0.6) is 0 Å². The van der Waals surface area contributed by atoms with Crippen LogP contribution in [0.3, 0.4) is 0 Å². The number of nitrogens with one attached hydrogen (secondary N) is 1. The highest BCUT2D eigenvalue weighted by Crippen LogP contribution is 2.42. The van der Waals surface area contributed by atoms with E-state index < -0.39 is 17.4 Å². The summed E-state index contributed by atoms with van der Waals surface area (Å²) in [5.74, 6) is -0.577. The van der Waals surface area contributed by atoms with Gasteiger partial charge in [0.25, 0.3) is 0 Å². The third kappa shape index (κ3) is 2.31. The van der Waals surface area contributed by atoms with Crippen molar-refractivity contribution in [1.82, 2.24) is 19.8 Å². The number of carboxylic acid groups (broad SMARTS) is 1. The number of aromatic nitrogens is 2. The second kappa shape index (κ2) is 5.14. The van der Waals surface area contributed by atoms with Crippen LogP contribution in [0.2, 0.25) is 0 Å². The van der Waals surface area contributed by atoms with Crippen molar-refractivity contribution in [3.05, 3.63) is 18.2 Å². The van der Waals surface area contributed by atoms with Gasteiger partial charge in [0, 0.05) is 39.0 Å². The van der Waals surface area contributed by atoms with Gasteiger partial charge in [0.05, 0.1) is 18.0 Å². The van der Waals surface area contributed by atoms with Gasteiger partial charge >= 0.3 is 5.97 Å². The zero-order chi connectivity index (χ0) is 15.0. The molecule has 114 valence electrons. The number of carboxylic acids is 1. The van der Waals surface area contributed by atoms with E-state index in [1.807, 2.05) is 0 Å². The highest BCUT2D eigenvalue weighted by molar-refractivity contribution is 5.88. The van der Waals surface area contributed by atoms with Gasteiger partial charge < -0.3 is 15.0 Å². The molecule has 1 aromatic rings. The first kappa shape index (κ1) is 14.1. The lowest BCUT2D eigenvalue weighted by molar-refractivity contribution is -0.146. The average Bonchev–Trinajstić information content (AvgIpc) is 3.04. The standard InChI is InChI=1S/C14H20N4O3/c1-17-12(19)8-10(13(20)21)14(17)2-6-18(7-3-14)9-11-15-4-5-16-11/h4-5,10H,2-3,6-9H2,1H3,(H,15,16)(H,20,21). The van der Waals surface area contributed by atoms with Crippen LogP contribution in [-0.2, 0) is 16.1 Å². The van der Waals surface area contributed by atoms with Gasteiger partial charge in [-0.25, -0.2) is 4.98 Å². The van der Waals surface area contributed by atoms with Gasteiger partial charge in [0.15, 0.2) is 0 Å². The summed E-state index contributed by atoms with van der Waals surface area (Å²) in [4.78, 5) is 34.6. The molecule has 0 aromatic carbocycles. The Balaban J connectivity index is 1.70. The second-order valence-corrected chi connectivity index (χ2v) is 5.96. The molecule has 0 saturated carbocycles. The maximum Gasteiger partial charge on any atom is 0.309 e. The molecule has 1 spiro atoms. The molecule has 0 aliphatic carbocycles. The van der Waals surface area contributed by atoms with E-state index in [1.54, 1.807) is 24.3 Å². The summed E-state index contributed by atoms with van der Waals surface area (Å²) in [5, 5.41) is 9.43. The third-order valence-electron chi connectivity index (χ3n) is 5.02. The predicted octanol–water partition coefficient (Wildman–Crippen LogP) is 0.307. The number of aromatic amines is 1.